The second kappa shape index (κ2) is 9.55. The van der Waals surface area contributed by atoms with Gasteiger partial charge in [-0.15, -0.1) is 0 Å². The molecule has 2 atom stereocenters. The molecule has 2 unspecified atom stereocenters. The summed E-state index contributed by atoms with van der Waals surface area (Å²) >= 11 is 3.45. The van der Waals surface area contributed by atoms with Crippen molar-refractivity contribution in [3.8, 4) is 5.75 Å². The molecule has 2 aromatic rings. The molecule has 2 aromatic carbocycles. The maximum absolute atomic E-state index is 12.5. The van der Waals surface area contributed by atoms with E-state index < -0.39 is 6.10 Å². The standard InChI is InChI=1S/C21H25BrN2O3/c1-5-20(25)24-17-9-7-16(8-10-17)14(3)23-21(26)15(4)27-19-11-6-13(2)12-18(19)22/h6-12,14-15H,5H2,1-4H3,(H,23,26)(H,24,25). The minimum absolute atomic E-state index is 0.0302. The molecule has 0 spiro atoms. The number of hydrogen-bond acceptors (Lipinski definition) is 3. The van der Waals surface area contributed by atoms with Gasteiger partial charge >= 0.3 is 0 Å². The fourth-order valence-corrected chi connectivity index (χ4v) is 3.05. The average molecular weight is 433 g/mol. The Labute approximate surface area is 168 Å². The molecule has 0 radical (unpaired) electrons. The maximum Gasteiger partial charge on any atom is 0.261 e. The normalized spacial score (nSPS) is 12.8. The largest absolute Gasteiger partial charge is 0.480 e. The molecule has 0 aliphatic rings. The molecular weight excluding hydrogens is 408 g/mol. The van der Waals surface area contributed by atoms with Crippen LogP contribution in [0.1, 0.15) is 44.4 Å². The van der Waals surface area contributed by atoms with Crippen LogP contribution in [0, 0.1) is 6.92 Å². The van der Waals surface area contributed by atoms with E-state index >= 15 is 0 Å². The summed E-state index contributed by atoms with van der Waals surface area (Å²) in [5.74, 6) is 0.405. The molecule has 0 saturated carbocycles. The third-order valence-electron chi connectivity index (χ3n) is 4.13. The summed E-state index contributed by atoms with van der Waals surface area (Å²) < 4.78 is 6.59. The van der Waals surface area contributed by atoms with E-state index in [1.165, 1.54) is 0 Å². The molecule has 144 valence electrons. The zero-order valence-electron chi connectivity index (χ0n) is 16.0. The van der Waals surface area contributed by atoms with Crippen molar-refractivity contribution in [3.05, 3.63) is 58.1 Å². The van der Waals surface area contributed by atoms with E-state index in [0.717, 1.165) is 21.3 Å². The van der Waals surface area contributed by atoms with Crippen molar-refractivity contribution < 1.29 is 14.3 Å². The van der Waals surface area contributed by atoms with Crippen molar-refractivity contribution >= 4 is 33.4 Å². The van der Waals surface area contributed by atoms with Gasteiger partial charge in [-0.3, -0.25) is 9.59 Å². The topological polar surface area (TPSA) is 67.4 Å². The van der Waals surface area contributed by atoms with Crippen LogP contribution >= 0.6 is 15.9 Å². The van der Waals surface area contributed by atoms with Gasteiger partial charge in [-0.2, -0.15) is 0 Å². The molecule has 0 aliphatic heterocycles. The molecule has 0 aromatic heterocycles. The van der Waals surface area contributed by atoms with Crippen LogP contribution in [-0.2, 0) is 9.59 Å². The highest BCUT2D eigenvalue weighted by atomic mass is 79.9. The van der Waals surface area contributed by atoms with Crippen LogP contribution in [0.2, 0.25) is 0 Å². The van der Waals surface area contributed by atoms with Gasteiger partial charge in [0.1, 0.15) is 5.75 Å². The Kier molecular flexibility index (Phi) is 7.42. The highest BCUT2D eigenvalue weighted by Gasteiger charge is 2.18. The Bertz CT molecular complexity index is 806. The number of carbonyl (C=O) groups is 2. The van der Waals surface area contributed by atoms with Crippen molar-refractivity contribution in [2.45, 2.75) is 46.3 Å². The number of ether oxygens (including phenoxy) is 1. The van der Waals surface area contributed by atoms with E-state index in [-0.39, 0.29) is 17.9 Å². The number of amides is 2. The van der Waals surface area contributed by atoms with Crippen molar-refractivity contribution in [1.82, 2.24) is 5.32 Å². The van der Waals surface area contributed by atoms with Gasteiger partial charge in [0.15, 0.2) is 6.10 Å². The molecule has 2 N–H and O–H groups in total. The molecule has 0 heterocycles. The Morgan fingerprint density at radius 1 is 1.11 bits per heavy atom. The summed E-state index contributed by atoms with van der Waals surface area (Å²) in [6, 6.07) is 13.0. The van der Waals surface area contributed by atoms with Gasteiger partial charge in [0, 0.05) is 12.1 Å². The predicted molar refractivity (Wildman–Crippen MR) is 111 cm³/mol. The second-order valence-electron chi connectivity index (χ2n) is 6.45. The van der Waals surface area contributed by atoms with Crippen molar-refractivity contribution in [3.63, 3.8) is 0 Å². The lowest BCUT2D eigenvalue weighted by Gasteiger charge is -2.20. The van der Waals surface area contributed by atoms with E-state index in [1.807, 2.05) is 56.3 Å². The minimum Gasteiger partial charge on any atom is -0.480 e. The second-order valence-corrected chi connectivity index (χ2v) is 7.30. The summed E-state index contributed by atoms with van der Waals surface area (Å²) in [5.41, 5.74) is 2.80. The van der Waals surface area contributed by atoms with Crippen LogP contribution < -0.4 is 15.4 Å². The Balaban J connectivity index is 1.94. The number of aryl methyl sites for hydroxylation is 1. The third-order valence-corrected chi connectivity index (χ3v) is 4.75. The molecule has 2 rings (SSSR count). The van der Waals surface area contributed by atoms with Gasteiger partial charge in [0.25, 0.3) is 5.91 Å². The monoisotopic (exact) mass is 432 g/mol. The zero-order valence-corrected chi connectivity index (χ0v) is 17.6. The smallest absolute Gasteiger partial charge is 0.261 e. The summed E-state index contributed by atoms with van der Waals surface area (Å²) in [6.07, 6.45) is -0.196. The number of nitrogens with one attached hydrogen (secondary N) is 2. The van der Waals surface area contributed by atoms with Gasteiger partial charge in [-0.1, -0.05) is 25.1 Å². The molecule has 0 fully saturated rings. The number of halogens is 1. The molecular formula is C21H25BrN2O3. The Morgan fingerprint density at radius 3 is 2.37 bits per heavy atom. The highest BCUT2D eigenvalue weighted by Crippen LogP contribution is 2.27. The first-order valence-corrected chi connectivity index (χ1v) is 9.72. The van der Waals surface area contributed by atoms with Crippen LogP contribution in [0.3, 0.4) is 0 Å². The number of hydrogen-bond donors (Lipinski definition) is 2. The molecule has 6 heteroatoms. The number of benzene rings is 2. The molecule has 27 heavy (non-hydrogen) atoms. The van der Waals surface area contributed by atoms with E-state index in [1.54, 1.807) is 13.8 Å². The fraction of sp³-hybridized carbons (Fsp3) is 0.333. The summed E-state index contributed by atoms with van der Waals surface area (Å²) in [6.45, 7) is 7.43. The Morgan fingerprint density at radius 2 is 1.78 bits per heavy atom. The first-order chi connectivity index (χ1) is 12.8. The lowest BCUT2D eigenvalue weighted by Crippen LogP contribution is -2.37. The van der Waals surface area contributed by atoms with E-state index in [4.69, 9.17) is 4.74 Å². The quantitative estimate of drug-likeness (QED) is 0.662. The van der Waals surface area contributed by atoms with Crippen LogP contribution in [-0.4, -0.2) is 17.9 Å². The lowest BCUT2D eigenvalue weighted by atomic mass is 10.1. The van der Waals surface area contributed by atoms with E-state index in [2.05, 4.69) is 26.6 Å². The first kappa shape index (κ1) is 21.0. The van der Waals surface area contributed by atoms with Crippen LogP contribution in [0.4, 0.5) is 5.69 Å². The Hall–Kier alpha value is -2.34. The summed E-state index contributed by atoms with van der Waals surface area (Å²) in [4.78, 5) is 23.9. The molecule has 5 nitrogen and oxygen atoms in total. The zero-order chi connectivity index (χ0) is 20.0. The van der Waals surface area contributed by atoms with E-state index in [0.29, 0.717) is 12.2 Å². The van der Waals surface area contributed by atoms with Crippen LogP contribution in [0.5, 0.6) is 5.75 Å². The van der Waals surface area contributed by atoms with Crippen LogP contribution in [0.15, 0.2) is 46.9 Å². The van der Waals surface area contributed by atoms with E-state index in [9.17, 15) is 9.59 Å². The molecule has 0 saturated heterocycles. The van der Waals surface area contributed by atoms with Crippen molar-refractivity contribution in [2.24, 2.45) is 0 Å². The van der Waals surface area contributed by atoms with Crippen LogP contribution in [0.25, 0.3) is 0 Å². The summed E-state index contributed by atoms with van der Waals surface area (Å²) in [5, 5.41) is 5.75. The SMILES string of the molecule is CCC(=O)Nc1ccc(C(C)NC(=O)C(C)Oc2ccc(C)cc2Br)cc1. The first-order valence-electron chi connectivity index (χ1n) is 8.93. The van der Waals surface area contributed by atoms with Crippen molar-refractivity contribution in [1.29, 1.82) is 0 Å². The summed E-state index contributed by atoms with van der Waals surface area (Å²) in [7, 11) is 0. The van der Waals surface area contributed by atoms with Crippen molar-refractivity contribution in [2.75, 3.05) is 5.32 Å². The third kappa shape index (κ3) is 6.10. The molecule has 2 amide bonds. The number of carbonyl (C=O) groups excluding carboxylic acids is 2. The van der Waals surface area contributed by atoms with Gasteiger partial charge in [-0.05, 0) is 72.1 Å². The van der Waals surface area contributed by atoms with Gasteiger partial charge in [-0.25, -0.2) is 0 Å². The molecule has 0 aliphatic carbocycles. The van der Waals surface area contributed by atoms with Gasteiger partial charge < -0.3 is 15.4 Å². The molecule has 0 bridgehead atoms. The maximum atomic E-state index is 12.5. The fourth-order valence-electron chi connectivity index (χ4n) is 2.46. The lowest BCUT2D eigenvalue weighted by molar-refractivity contribution is -0.128. The highest BCUT2D eigenvalue weighted by molar-refractivity contribution is 9.10. The predicted octanol–water partition coefficient (Wildman–Crippen LogP) is 4.75. The minimum atomic E-state index is -0.630. The van der Waals surface area contributed by atoms with Gasteiger partial charge in [0.2, 0.25) is 5.91 Å². The van der Waals surface area contributed by atoms with Gasteiger partial charge in [0.05, 0.1) is 10.5 Å². The number of rotatable bonds is 7. The number of anilines is 1. The average Bonchev–Trinajstić information content (AvgIpc) is 2.64.